The number of piperazine rings is 1. The minimum absolute atomic E-state index is 0.0581. The van der Waals surface area contributed by atoms with Crippen LogP contribution >= 0.6 is 0 Å². The van der Waals surface area contributed by atoms with Crippen molar-refractivity contribution in [1.82, 2.24) is 14.5 Å². The molecule has 1 aliphatic rings. The highest BCUT2D eigenvalue weighted by Crippen LogP contribution is 2.16. The van der Waals surface area contributed by atoms with Crippen molar-refractivity contribution in [3.05, 3.63) is 24.3 Å². The first-order valence-corrected chi connectivity index (χ1v) is 10.7. The van der Waals surface area contributed by atoms with Gasteiger partial charge in [-0.25, -0.2) is 13.2 Å². The van der Waals surface area contributed by atoms with Crippen LogP contribution in [0, 0.1) is 0 Å². The van der Waals surface area contributed by atoms with Gasteiger partial charge in [0.1, 0.15) is 5.75 Å². The summed E-state index contributed by atoms with van der Waals surface area (Å²) in [6.07, 6.45) is -0.404. The van der Waals surface area contributed by atoms with Gasteiger partial charge in [0.15, 0.2) is 0 Å². The highest BCUT2D eigenvalue weighted by Gasteiger charge is 2.29. The number of benzene rings is 1. The largest absolute Gasteiger partial charge is 0.494 e. The normalized spacial score (nSPS) is 15.8. The minimum Gasteiger partial charge on any atom is -0.494 e. The van der Waals surface area contributed by atoms with E-state index in [1.807, 2.05) is 6.92 Å². The predicted molar refractivity (Wildman–Crippen MR) is 103 cm³/mol. The maximum atomic E-state index is 12.6. The summed E-state index contributed by atoms with van der Waals surface area (Å²) in [7, 11) is -3.84. The monoisotopic (exact) mass is 413 g/mol. The molecule has 28 heavy (non-hydrogen) atoms. The topological polar surface area (TPSA) is 105 Å². The van der Waals surface area contributed by atoms with Crippen molar-refractivity contribution < 1.29 is 27.5 Å². The van der Waals surface area contributed by atoms with Crippen LogP contribution in [0.2, 0.25) is 0 Å². The lowest BCUT2D eigenvalue weighted by Gasteiger charge is -2.35. The summed E-state index contributed by atoms with van der Waals surface area (Å²) in [6, 6.07) is 5.08. The molecule has 1 fully saturated rings. The van der Waals surface area contributed by atoms with Gasteiger partial charge in [0, 0.05) is 26.2 Å². The van der Waals surface area contributed by atoms with Crippen molar-refractivity contribution in [3.63, 3.8) is 0 Å². The minimum atomic E-state index is -3.84. The van der Waals surface area contributed by atoms with E-state index in [1.54, 1.807) is 24.0 Å². The second-order valence-corrected chi connectivity index (χ2v) is 7.97. The number of carbonyl (C=O) groups is 2. The van der Waals surface area contributed by atoms with Crippen LogP contribution in [0.3, 0.4) is 0 Å². The van der Waals surface area contributed by atoms with Crippen LogP contribution in [0.1, 0.15) is 20.8 Å². The summed E-state index contributed by atoms with van der Waals surface area (Å²) in [6.45, 7) is 7.21. The SMILES string of the molecule is CCOC(=O)N1CCN(C(=O)[C@H](C)NS(=O)(=O)c2ccc(OCC)cc2)CC1. The Morgan fingerprint density at radius 2 is 1.61 bits per heavy atom. The van der Waals surface area contributed by atoms with E-state index in [1.165, 1.54) is 24.0 Å². The molecule has 2 amide bonds. The second kappa shape index (κ2) is 9.74. The molecule has 2 rings (SSSR count). The highest BCUT2D eigenvalue weighted by molar-refractivity contribution is 7.89. The zero-order valence-corrected chi connectivity index (χ0v) is 17.2. The van der Waals surface area contributed by atoms with Crippen molar-refractivity contribution in [3.8, 4) is 5.75 Å². The lowest BCUT2D eigenvalue weighted by atomic mass is 10.2. The Morgan fingerprint density at radius 3 is 2.14 bits per heavy atom. The molecule has 0 aliphatic carbocycles. The molecule has 1 heterocycles. The summed E-state index contributed by atoms with van der Waals surface area (Å²) in [4.78, 5) is 27.4. The summed E-state index contributed by atoms with van der Waals surface area (Å²) in [5, 5.41) is 0. The third-order valence-electron chi connectivity index (χ3n) is 4.26. The summed E-state index contributed by atoms with van der Waals surface area (Å²) >= 11 is 0. The van der Waals surface area contributed by atoms with E-state index in [2.05, 4.69) is 4.72 Å². The third kappa shape index (κ3) is 5.59. The van der Waals surface area contributed by atoms with Crippen LogP contribution in [0.5, 0.6) is 5.75 Å². The van der Waals surface area contributed by atoms with Gasteiger partial charge in [-0.05, 0) is 45.0 Å². The summed E-state index contributed by atoms with van der Waals surface area (Å²) in [5.74, 6) is 0.239. The number of rotatable bonds is 7. The molecular weight excluding hydrogens is 386 g/mol. The second-order valence-electron chi connectivity index (χ2n) is 6.26. The van der Waals surface area contributed by atoms with Crippen LogP contribution in [-0.4, -0.2) is 75.7 Å². The molecule has 0 radical (unpaired) electrons. The van der Waals surface area contributed by atoms with Gasteiger partial charge in [-0.15, -0.1) is 0 Å². The fourth-order valence-electron chi connectivity index (χ4n) is 2.83. The number of hydrogen-bond acceptors (Lipinski definition) is 6. The number of amides is 2. The van der Waals surface area contributed by atoms with Crippen LogP contribution < -0.4 is 9.46 Å². The Hall–Kier alpha value is -2.33. The quantitative estimate of drug-likeness (QED) is 0.716. The Balaban J connectivity index is 1.93. The fraction of sp³-hybridized carbons (Fsp3) is 0.556. The van der Waals surface area contributed by atoms with Gasteiger partial charge in [0.05, 0.1) is 24.2 Å². The first-order valence-electron chi connectivity index (χ1n) is 9.24. The molecule has 10 heteroatoms. The zero-order chi connectivity index (χ0) is 20.7. The maximum Gasteiger partial charge on any atom is 0.409 e. The van der Waals surface area contributed by atoms with E-state index in [0.29, 0.717) is 45.1 Å². The van der Waals surface area contributed by atoms with Gasteiger partial charge in [-0.3, -0.25) is 4.79 Å². The lowest BCUT2D eigenvalue weighted by Crippen LogP contribution is -2.55. The van der Waals surface area contributed by atoms with E-state index < -0.39 is 22.2 Å². The molecule has 0 bridgehead atoms. The average molecular weight is 413 g/mol. The number of nitrogens with zero attached hydrogens (tertiary/aromatic N) is 2. The Bertz CT molecular complexity index is 773. The molecule has 156 valence electrons. The zero-order valence-electron chi connectivity index (χ0n) is 16.4. The van der Waals surface area contributed by atoms with Crippen molar-refractivity contribution >= 4 is 22.0 Å². The lowest BCUT2D eigenvalue weighted by molar-refractivity contribution is -0.134. The van der Waals surface area contributed by atoms with E-state index in [-0.39, 0.29) is 10.8 Å². The average Bonchev–Trinajstić information content (AvgIpc) is 2.68. The molecule has 0 spiro atoms. The van der Waals surface area contributed by atoms with E-state index in [4.69, 9.17) is 9.47 Å². The maximum absolute atomic E-state index is 12.6. The predicted octanol–water partition coefficient (Wildman–Crippen LogP) is 1.05. The Kier molecular flexibility index (Phi) is 7.64. The van der Waals surface area contributed by atoms with Gasteiger partial charge in [-0.1, -0.05) is 0 Å². The first kappa shape index (κ1) is 22.0. The smallest absolute Gasteiger partial charge is 0.409 e. The molecule has 9 nitrogen and oxygen atoms in total. The van der Waals surface area contributed by atoms with Crippen molar-refractivity contribution in [1.29, 1.82) is 0 Å². The van der Waals surface area contributed by atoms with E-state index in [0.717, 1.165) is 0 Å². The molecule has 1 atom stereocenters. The molecular formula is C18H27N3O6S. The first-order chi connectivity index (χ1) is 13.3. The number of ether oxygens (including phenoxy) is 2. The summed E-state index contributed by atoms with van der Waals surface area (Å²) < 4.78 is 37.7. The van der Waals surface area contributed by atoms with Crippen LogP contribution in [-0.2, 0) is 19.6 Å². The van der Waals surface area contributed by atoms with Gasteiger partial charge in [0.2, 0.25) is 15.9 Å². The van der Waals surface area contributed by atoms with Gasteiger partial charge >= 0.3 is 6.09 Å². The van der Waals surface area contributed by atoms with E-state index in [9.17, 15) is 18.0 Å². The Morgan fingerprint density at radius 1 is 1.04 bits per heavy atom. The van der Waals surface area contributed by atoms with Gasteiger partial charge < -0.3 is 19.3 Å². The van der Waals surface area contributed by atoms with Crippen molar-refractivity contribution in [2.45, 2.75) is 31.7 Å². The Labute approximate surface area is 165 Å². The number of carbonyl (C=O) groups excluding carboxylic acids is 2. The molecule has 1 aromatic carbocycles. The third-order valence-corrected chi connectivity index (χ3v) is 5.82. The standard InChI is InChI=1S/C18H27N3O6S/c1-4-26-15-6-8-16(9-7-15)28(24,25)19-14(3)17(22)20-10-12-21(13-11-20)18(23)27-5-2/h6-9,14,19H,4-5,10-13H2,1-3H3/t14-/m0/s1. The molecule has 1 N–H and O–H groups in total. The fourth-order valence-corrected chi connectivity index (χ4v) is 4.03. The molecule has 1 aliphatic heterocycles. The number of hydrogen-bond donors (Lipinski definition) is 1. The van der Waals surface area contributed by atoms with Crippen molar-refractivity contribution in [2.24, 2.45) is 0 Å². The summed E-state index contributed by atoms with van der Waals surface area (Å²) in [5.41, 5.74) is 0. The van der Waals surface area contributed by atoms with Gasteiger partial charge in [-0.2, -0.15) is 4.72 Å². The molecule has 0 unspecified atom stereocenters. The van der Waals surface area contributed by atoms with Crippen LogP contribution in [0.15, 0.2) is 29.2 Å². The number of sulfonamides is 1. The molecule has 1 saturated heterocycles. The van der Waals surface area contributed by atoms with E-state index >= 15 is 0 Å². The molecule has 0 saturated carbocycles. The number of nitrogens with one attached hydrogen (secondary N) is 1. The highest BCUT2D eigenvalue weighted by atomic mass is 32.2. The van der Waals surface area contributed by atoms with Crippen molar-refractivity contribution in [2.75, 3.05) is 39.4 Å². The molecule has 0 aromatic heterocycles. The van der Waals surface area contributed by atoms with Crippen LogP contribution in [0.25, 0.3) is 0 Å². The van der Waals surface area contributed by atoms with Gasteiger partial charge in [0.25, 0.3) is 0 Å². The molecule has 1 aromatic rings. The van der Waals surface area contributed by atoms with Crippen LogP contribution in [0.4, 0.5) is 4.79 Å².